The van der Waals surface area contributed by atoms with Crippen molar-refractivity contribution in [3.05, 3.63) is 29.8 Å². The summed E-state index contributed by atoms with van der Waals surface area (Å²) in [6.07, 6.45) is 0. The van der Waals surface area contributed by atoms with Crippen molar-refractivity contribution < 1.29 is 4.79 Å². The molecule has 0 aliphatic rings. The highest BCUT2D eigenvalue weighted by molar-refractivity contribution is 8.00. The molecule has 0 radical (unpaired) electrons. The van der Waals surface area contributed by atoms with Crippen molar-refractivity contribution in [3.8, 4) is 0 Å². The van der Waals surface area contributed by atoms with Crippen LogP contribution >= 0.6 is 11.8 Å². The second-order valence-electron chi connectivity index (χ2n) is 2.57. The van der Waals surface area contributed by atoms with E-state index in [2.05, 4.69) is 0 Å². The number of hydrogen-bond acceptors (Lipinski definition) is 2. The van der Waals surface area contributed by atoms with Gasteiger partial charge >= 0.3 is 0 Å². The Kier molecular flexibility index (Phi) is 3.17. The first-order valence-electron chi connectivity index (χ1n) is 3.66. The molecule has 2 N–H and O–H groups in total. The van der Waals surface area contributed by atoms with Gasteiger partial charge in [-0.05, 0) is 19.1 Å². The quantitative estimate of drug-likeness (QED) is 0.719. The average molecular weight is 181 g/mol. The van der Waals surface area contributed by atoms with Gasteiger partial charge in [-0.25, -0.2) is 0 Å². The average Bonchev–Trinajstić information content (AvgIpc) is 2.03. The Hall–Kier alpha value is -0.960. The Balaban J connectivity index is 2.53. The van der Waals surface area contributed by atoms with Crippen molar-refractivity contribution in [1.29, 1.82) is 0 Å². The zero-order valence-electron chi connectivity index (χ0n) is 6.91. The van der Waals surface area contributed by atoms with E-state index in [4.69, 9.17) is 5.73 Å². The fourth-order valence-corrected chi connectivity index (χ4v) is 1.43. The van der Waals surface area contributed by atoms with Crippen LogP contribution in [0.3, 0.4) is 0 Å². The standard InChI is InChI=1S/C9H11NOS/c1-7-2-4-8(5-3-7)12-6-9(10)11/h2-5H,6H2,1H3,(H2,10,11). The fraction of sp³-hybridized carbons (Fsp3) is 0.222. The number of nitrogens with two attached hydrogens (primary N) is 1. The van der Waals surface area contributed by atoms with Crippen LogP contribution in [-0.2, 0) is 4.79 Å². The summed E-state index contributed by atoms with van der Waals surface area (Å²) in [7, 11) is 0. The smallest absolute Gasteiger partial charge is 0.227 e. The third kappa shape index (κ3) is 2.96. The molecule has 1 rings (SSSR count). The molecular weight excluding hydrogens is 170 g/mol. The van der Waals surface area contributed by atoms with E-state index in [1.165, 1.54) is 17.3 Å². The van der Waals surface area contributed by atoms with Gasteiger partial charge in [0.2, 0.25) is 5.91 Å². The van der Waals surface area contributed by atoms with E-state index in [1.54, 1.807) is 0 Å². The maximum atomic E-state index is 10.4. The van der Waals surface area contributed by atoms with Gasteiger partial charge in [0.25, 0.3) is 0 Å². The van der Waals surface area contributed by atoms with Crippen LogP contribution in [0.1, 0.15) is 5.56 Å². The van der Waals surface area contributed by atoms with Gasteiger partial charge in [0, 0.05) is 4.90 Å². The molecule has 12 heavy (non-hydrogen) atoms. The highest BCUT2D eigenvalue weighted by atomic mass is 32.2. The summed E-state index contributed by atoms with van der Waals surface area (Å²) >= 11 is 1.46. The van der Waals surface area contributed by atoms with E-state index >= 15 is 0 Å². The van der Waals surface area contributed by atoms with Gasteiger partial charge in [0.05, 0.1) is 5.75 Å². The molecule has 64 valence electrons. The number of primary amides is 1. The number of carbonyl (C=O) groups excluding carboxylic acids is 1. The number of benzene rings is 1. The minimum atomic E-state index is -0.277. The van der Waals surface area contributed by atoms with E-state index in [0.29, 0.717) is 5.75 Å². The van der Waals surface area contributed by atoms with Gasteiger partial charge in [-0.1, -0.05) is 17.7 Å². The predicted molar refractivity (Wildman–Crippen MR) is 51.1 cm³/mol. The summed E-state index contributed by atoms with van der Waals surface area (Å²) < 4.78 is 0. The van der Waals surface area contributed by atoms with Crippen LogP contribution in [0.25, 0.3) is 0 Å². The molecule has 0 bridgehead atoms. The highest BCUT2D eigenvalue weighted by Crippen LogP contribution is 2.17. The lowest BCUT2D eigenvalue weighted by atomic mass is 10.2. The zero-order valence-corrected chi connectivity index (χ0v) is 7.73. The largest absolute Gasteiger partial charge is 0.369 e. The number of aryl methyl sites for hydroxylation is 1. The lowest BCUT2D eigenvalue weighted by Crippen LogP contribution is -2.12. The van der Waals surface area contributed by atoms with Crippen molar-refractivity contribution in [3.63, 3.8) is 0 Å². The number of hydrogen-bond donors (Lipinski definition) is 1. The molecule has 0 atom stereocenters. The van der Waals surface area contributed by atoms with Crippen LogP contribution in [0.15, 0.2) is 29.2 Å². The second kappa shape index (κ2) is 4.16. The molecular formula is C9H11NOS. The minimum absolute atomic E-state index is 0.277. The van der Waals surface area contributed by atoms with Crippen LogP contribution in [0, 0.1) is 6.92 Å². The van der Waals surface area contributed by atoms with Gasteiger partial charge in [-0.2, -0.15) is 0 Å². The first-order valence-corrected chi connectivity index (χ1v) is 4.65. The molecule has 3 heteroatoms. The third-order valence-corrected chi connectivity index (χ3v) is 2.44. The number of thioether (sulfide) groups is 1. The van der Waals surface area contributed by atoms with Gasteiger partial charge in [0.1, 0.15) is 0 Å². The molecule has 1 amide bonds. The monoisotopic (exact) mass is 181 g/mol. The fourth-order valence-electron chi connectivity index (χ4n) is 0.789. The Bertz CT molecular complexity index is 268. The molecule has 0 spiro atoms. The summed E-state index contributed by atoms with van der Waals surface area (Å²) in [4.78, 5) is 11.5. The highest BCUT2D eigenvalue weighted by Gasteiger charge is 1.96. The van der Waals surface area contributed by atoms with Crippen molar-refractivity contribution in [2.75, 3.05) is 5.75 Å². The molecule has 1 aromatic rings. The van der Waals surface area contributed by atoms with E-state index in [0.717, 1.165) is 4.90 Å². The van der Waals surface area contributed by atoms with Crippen LogP contribution in [-0.4, -0.2) is 11.7 Å². The maximum Gasteiger partial charge on any atom is 0.227 e. The first-order chi connectivity index (χ1) is 5.68. The normalized spacial score (nSPS) is 9.75. The Morgan fingerprint density at radius 3 is 2.50 bits per heavy atom. The molecule has 2 nitrogen and oxygen atoms in total. The van der Waals surface area contributed by atoms with Crippen LogP contribution in [0.2, 0.25) is 0 Å². The molecule has 0 unspecified atom stereocenters. The van der Waals surface area contributed by atoms with Crippen LogP contribution in [0.4, 0.5) is 0 Å². The van der Waals surface area contributed by atoms with Gasteiger partial charge < -0.3 is 5.73 Å². The van der Waals surface area contributed by atoms with E-state index < -0.39 is 0 Å². The summed E-state index contributed by atoms with van der Waals surface area (Å²) in [5.74, 6) is 0.0730. The molecule has 0 aliphatic heterocycles. The molecule has 0 saturated heterocycles. The topological polar surface area (TPSA) is 43.1 Å². The summed E-state index contributed by atoms with van der Waals surface area (Å²) in [5.41, 5.74) is 6.23. The third-order valence-electron chi connectivity index (χ3n) is 1.40. The second-order valence-corrected chi connectivity index (χ2v) is 3.62. The Labute approximate surface area is 76.2 Å². The minimum Gasteiger partial charge on any atom is -0.369 e. The van der Waals surface area contributed by atoms with E-state index in [-0.39, 0.29) is 5.91 Å². The first kappa shape index (κ1) is 9.13. The molecule has 0 heterocycles. The Morgan fingerprint density at radius 1 is 1.42 bits per heavy atom. The van der Waals surface area contributed by atoms with Crippen molar-refractivity contribution >= 4 is 17.7 Å². The lowest BCUT2D eigenvalue weighted by Gasteiger charge is -1.98. The predicted octanol–water partition coefficient (Wildman–Crippen LogP) is 1.57. The summed E-state index contributed by atoms with van der Waals surface area (Å²) in [6.45, 7) is 2.03. The van der Waals surface area contributed by atoms with Crippen molar-refractivity contribution in [2.24, 2.45) is 5.73 Å². The number of amides is 1. The molecule has 1 aromatic carbocycles. The number of carbonyl (C=O) groups is 1. The zero-order chi connectivity index (χ0) is 8.97. The summed E-state index contributed by atoms with van der Waals surface area (Å²) in [5, 5.41) is 0. The van der Waals surface area contributed by atoms with Crippen LogP contribution in [0.5, 0.6) is 0 Å². The summed E-state index contributed by atoms with van der Waals surface area (Å²) in [6, 6.07) is 8.01. The van der Waals surface area contributed by atoms with Gasteiger partial charge in [-0.3, -0.25) is 4.79 Å². The Morgan fingerprint density at radius 2 is 2.00 bits per heavy atom. The van der Waals surface area contributed by atoms with Gasteiger partial charge in [-0.15, -0.1) is 11.8 Å². The molecule has 0 aliphatic carbocycles. The van der Waals surface area contributed by atoms with E-state index in [1.807, 2.05) is 31.2 Å². The van der Waals surface area contributed by atoms with Crippen molar-refractivity contribution in [2.45, 2.75) is 11.8 Å². The van der Waals surface area contributed by atoms with Crippen molar-refractivity contribution in [1.82, 2.24) is 0 Å². The maximum absolute atomic E-state index is 10.4. The number of rotatable bonds is 3. The molecule has 0 aromatic heterocycles. The molecule has 0 saturated carbocycles. The van der Waals surface area contributed by atoms with E-state index in [9.17, 15) is 4.79 Å². The SMILES string of the molecule is Cc1ccc(SCC(N)=O)cc1. The molecule has 0 fully saturated rings. The lowest BCUT2D eigenvalue weighted by molar-refractivity contribution is -0.115. The van der Waals surface area contributed by atoms with Crippen LogP contribution < -0.4 is 5.73 Å². The van der Waals surface area contributed by atoms with Gasteiger partial charge in [0.15, 0.2) is 0 Å².